The van der Waals surface area contributed by atoms with Crippen molar-refractivity contribution in [1.29, 1.82) is 0 Å². The lowest BCUT2D eigenvalue weighted by molar-refractivity contribution is -0.134. The molecule has 0 bridgehead atoms. The summed E-state index contributed by atoms with van der Waals surface area (Å²) in [6, 6.07) is 0. The maximum Gasteiger partial charge on any atom is 0.162 e. The van der Waals surface area contributed by atoms with Gasteiger partial charge in [-0.3, -0.25) is 4.79 Å². The molecule has 0 aliphatic heterocycles. The number of rotatable bonds is 6. The second-order valence-corrected chi connectivity index (χ2v) is 2.04. The lowest BCUT2D eigenvalue weighted by Crippen LogP contribution is -2.20. The second kappa shape index (κ2) is 6.07. The highest BCUT2D eigenvalue weighted by Crippen LogP contribution is 1.94. The van der Waals surface area contributed by atoms with E-state index < -0.39 is 6.10 Å². The molecule has 1 atom stereocenters. The van der Waals surface area contributed by atoms with Crippen LogP contribution in [0.5, 0.6) is 0 Å². The predicted octanol–water partition coefficient (Wildman–Crippen LogP) is 1.14. The summed E-state index contributed by atoms with van der Waals surface area (Å²) in [5.74, 6) is -0.0558. The van der Waals surface area contributed by atoms with Crippen molar-refractivity contribution in [3.05, 3.63) is 12.7 Å². The van der Waals surface area contributed by atoms with Crippen molar-refractivity contribution in [2.45, 2.75) is 20.0 Å². The van der Waals surface area contributed by atoms with Crippen molar-refractivity contribution in [2.24, 2.45) is 0 Å². The fourth-order valence-corrected chi connectivity index (χ4v) is 0.556. The number of carbonyl (C=O) groups excluding carboxylic acids is 1. The molecule has 0 heterocycles. The minimum absolute atomic E-state index is 0.0558. The van der Waals surface area contributed by atoms with Crippen molar-refractivity contribution >= 4 is 5.78 Å². The molecule has 11 heavy (non-hydrogen) atoms. The Bertz CT molecular complexity index is 131. The standard InChI is InChI=1S/C8H14O3/c1-4-8(7(3)9)11-6-10-5-2/h4,8H,1,5-6H2,2-3H3/t8-/m0/s1. The first-order chi connectivity index (χ1) is 5.22. The molecule has 3 heteroatoms. The average molecular weight is 158 g/mol. The Hall–Kier alpha value is -0.670. The molecule has 64 valence electrons. The molecule has 0 fully saturated rings. The number of hydrogen-bond donors (Lipinski definition) is 0. The van der Waals surface area contributed by atoms with Gasteiger partial charge < -0.3 is 9.47 Å². The maximum absolute atomic E-state index is 10.7. The highest BCUT2D eigenvalue weighted by Gasteiger charge is 2.08. The van der Waals surface area contributed by atoms with E-state index in [9.17, 15) is 4.79 Å². The molecular formula is C8H14O3. The first-order valence-corrected chi connectivity index (χ1v) is 3.54. The van der Waals surface area contributed by atoms with E-state index in [2.05, 4.69) is 6.58 Å². The Kier molecular flexibility index (Phi) is 5.70. The Labute approximate surface area is 67.0 Å². The summed E-state index contributed by atoms with van der Waals surface area (Å²) in [6.45, 7) is 7.51. The first-order valence-electron chi connectivity index (χ1n) is 3.54. The summed E-state index contributed by atoms with van der Waals surface area (Å²) in [4.78, 5) is 10.7. The molecule has 0 rings (SSSR count). The van der Waals surface area contributed by atoms with Crippen LogP contribution in [-0.4, -0.2) is 25.3 Å². The normalized spacial score (nSPS) is 12.5. The number of ether oxygens (including phenoxy) is 2. The third kappa shape index (κ3) is 4.70. The van der Waals surface area contributed by atoms with Crippen LogP contribution in [0.3, 0.4) is 0 Å². The van der Waals surface area contributed by atoms with Gasteiger partial charge in [-0.1, -0.05) is 6.08 Å². The van der Waals surface area contributed by atoms with Crippen molar-refractivity contribution in [2.75, 3.05) is 13.4 Å². The van der Waals surface area contributed by atoms with Crippen LogP contribution in [0.1, 0.15) is 13.8 Å². The van der Waals surface area contributed by atoms with Crippen molar-refractivity contribution in [1.82, 2.24) is 0 Å². The molecule has 0 radical (unpaired) electrons. The number of carbonyl (C=O) groups is 1. The van der Waals surface area contributed by atoms with Crippen LogP contribution in [0.4, 0.5) is 0 Å². The van der Waals surface area contributed by atoms with Crippen molar-refractivity contribution < 1.29 is 14.3 Å². The summed E-state index contributed by atoms with van der Waals surface area (Å²) in [7, 11) is 0. The summed E-state index contributed by atoms with van der Waals surface area (Å²) in [5.41, 5.74) is 0. The van der Waals surface area contributed by atoms with E-state index in [1.165, 1.54) is 13.0 Å². The summed E-state index contributed by atoms with van der Waals surface area (Å²) >= 11 is 0. The largest absolute Gasteiger partial charge is 0.356 e. The molecule has 0 amide bonds. The minimum Gasteiger partial charge on any atom is -0.356 e. The fourth-order valence-electron chi connectivity index (χ4n) is 0.556. The molecule has 3 nitrogen and oxygen atoms in total. The third-order valence-electron chi connectivity index (χ3n) is 1.15. The van der Waals surface area contributed by atoms with Crippen LogP contribution >= 0.6 is 0 Å². The number of ketones is 1. The van der Waals surface area contributed by atoms with E-state index in [0.29, 0.717) is 6.61 Å². The monoisotopic (exact) mass is 158 g/mol. The van der Waals surface area contributed by atoms with Gasteiger partial charge in [-0.2, -0.15) is 0 Å². The van der Waals surface area contributed by atoms with Gasteiger partial charge in [-0.15, -0.1) is 6.58 Å². The summed E-state index contributed by atoms with van der Waals surface area (Å²) in [6.07, 6.45) is 0.933. The maximum atomic E-state index is 10.7. The van der Waals surface area contributed by atoms with Gasteiger partial charge in [-0.25, -0.2) is 0 Å². The molecule has 0 aromatic carbocycles. The smallest absolute Gasteiger partial charge is 0.162 e. The summed E-state index contributed by atoms with van der Waals surface area (Å²) in [5, 5.41) is 0. The van der Waals surface area contributed by atoms with Gasteiger partial charge >= 0.3 is 0 Å². The Morgan fingerprint density at radius 2 is 2.36 bits per heavy atom. The first kappa shape index (κ1) is 10.3. The topological polar surface area (TPSA) is 35.5 Å². The Balaban J connectivity index is 3.52. The van der Waals surface area contributed by atoms with Crippen LogP contribution in [0, 0.1) is 0 Å². The number of Topliss-reactive ketones (excluding diaryl/α,β-unsaturated/α-hetero) is 1. The van der Waals surface area contributed by atoms with E-state index >= 15 is 0 Å². The molecule has 0 aliphatic carbocycles. The Morgan fingerprint density at radius 1 is 1.73 bits per heavy atom. The van der Waals surface area contributed by atoms with Crippen molar-refractivity contribution in [3.63, 3.8) is 0 Å². The van der Waals surface area contributed by atoms with Crippen LogP contribution in [0.2, 0.25) is 0 Å². The predicted molar refractivity (Wildman–Crippen MR) is 42.2 cm³/mol. The zero-order valence-electron chi connectivity index (χ0n) is 7.00. The van der Waals surface area contributed by atoms with Gasteiger partial charge in [0.25, 0.3) is 0 Å². The van der Waals surface area contributed by atoms with Crippen molar-refractivity contribution in [3.8, 4) is 0 Å². The van der Waals surface area contributed by atoms with Gasteiger partial charge in [0.15, 0.2) is 5.78 Å². The van der Waals surface area contributed by atoms with Crippen LogP contribution in [0.15, 0.2) is 12.7 Å². The molecule has 0 aromatic rings. The molecule has 0 unspecified atom stereocenters. The highest BCUT2D eigenvalue weighted by molar-refractivity contribution is 5.82. The molecule has 0 aliphatic rings. The molecule has 0 saturated carbocycles. The molecule has 0 saturated heterocycles. The molecule has 0 spiro atoms. The van der Waals surface area contributed by atoms with E-state index in [4.69, 9.17) is 9.47 Å². The lowest BCUT2D eigenvalue weighted by atomic mass is 10.2. The van der Waals surface area contributed by atoms with Gasteiger partial charge in [-0.05, 0) is 13.8 Å². The van der Waals surface area contributed by atoms with Crippen LogP contribution in [0.25, 0.3) is 0 Å². The zero-order chi connectivity index (χ0) is 8.69. The molecule has 0 aromatic heterocycles. The van der Waals surface area contributed by atoms with E-state index in [1.807, 2.05) is 6.92 Å². The average Bonchev–Trinajstić information content (AvgIpc) is 1.97. The Morgan fingerprint density at radius 3 is 2.73 bits per heavy atom. The van der Waals surface area contributed by atoms with E-state index in [0.717, 1.165) is 0 Å². The lowest BCUT2D eigenvalue weighted by Gasteiger charge is -2.09. The highest BCUT2D eigenvalue weighted by atomic mass is 16.7. The third-order valence-corrected chi connectivity index (χ3v) is 1.15. The number of hydrogen-bond acceptors (Lipinski definition) is 3. The quantitative estimate of drug-likeness (QED) is 0.330. The van der Waals surface area contributed by atoms with Crippen LogP contribution < -0.4 is 0 Å². The second-order valence-electron chi connectivity index (χ2n) is 2.04. The van der Waals surface area contributed by atoms with Crippen LogP contribution in [-0.2, 0) is 14.3 Å². The fraction of sp³-hybridized carbons (Fsp3) is 0.625. The summed E-state index contributed by atoms with van der Waals surface area (Å²) < 4.78 is 9.90. The minimum atomic E-state index is -0.526. The van der Waals surface area contributed by atoms with Gasteiger partial charge in [0, 0.05) is 6.61 Å². The van der Waals surface area contributed by atoms with Gasteiger partial charge in [0.1, 0.15) is 12.9 Å². The molecular weight excluding hydrogens is 144 g/mol. The SMILES string of the molecule is C=C[C@H](OCOCC)C(C)=O. The zero-order valence-corrected chi connectivity index (χ0v) is 7.00. The van der Waals surface area contributed by atoms with Gasteiger partial charge in [0.2, 0.25) is 0 Å². The van der Waals surface area contributed by atoms with E-state index in [1.54, 1.807) is 0 Å². The van der Waals surface area contributed by atoms with E-state index in [-0.39, 0.29) is 12.6 Å². The van der Waals surface area contributed by atoms with Gasteiger partial charge in [0.05, 0.1) is 0 Å². The molecule has 0 N–H and O–H groups in total.